The predicted molar refractivity (Wildman–Crippen MR) is 102 cm³/mol. The third kappa shape index (κ3) is 3.83. The maximum atomic E-state index is 6.15. The van der Waals surface area contributed by atoms with Gasteiger partial charge in [0.15, 0.2) is 0 Å². The molecule has 1 aliphatic rings. The van der Waals surface area contributed by atoms with E-state index >= 15 is 0 Å². The number of halogens is 1. The van der Waals surface area contributed by atoms with Gasteiger partial charge in [0, 0.05) is 18.5 Å². The molecule has 27 heavy (non-hydrogen) atoms. The van der Waals surface area contributed by atoms with Crippen LogP contribution in [0.5, 0.6) is 5.75 Å². The van der Waals surface area contributed by atoms with Gasteiger partial charge in [0.25, 0.3) is 0 Å². The molecular weight excluding hydrogens is 364 g/mol. The molecule has 6 nitrogen and oxygen atoms in total. The van der Waals surface area contributed by atoms with Crippen LogP contribution in [0.2, 0.25) is 5.02 Å². The van der Waals surface area contributed by atoms with Crippen LogP contribution < -0.4 is 4.74 Å². The first kappa shape index (κ1) is 18.0. The lowest BCUT2D eigenvalue weighted by atomic mass is 9.85. The molecule has 0 spiro atoms. The fourth-order valence-corrected chi connectivity index (χ4v) is 3.69. The second-order valence-electron chi connectivity index (χ2n) is 6.68. The van der Waals surface area contributed by atoms with Crippen molar-refractivity contribution < 1.29 is 9.57 Å². The molecular formula is C20H21ClN4O2. The normalized spacial score (nSPS) is 22.8. The minimum atomic E-state index is -0.386. The van der Waals surface area contributed by atoms with Gasteiger partial charge < -0.3 is 4.74 Å². The summed E-state index contributed by atoms with van der Waals surface area (Å²) in [4.78, 5) is 10.2. The fraction of sp³-hybridized carbons (Fsp3) is 0.300. The van der Waals surface area contributed by atoms with Crippen LogP contribution in [-0.4, -0.2) is 39.6 Å². The van der Waals surface area contributed by atoms with Crippen molar-refractivity contribution in [2.75, 3.05) is 13.7 Å². The highest BCUT2D eigenvalue weighted by Crippen LogP contribution is 2.41. The van der Waals surface area contributed by atoms with Crippen LogP contribution in [0.15, 0.2) is 67.3 Å². The third-order valence-electron chi connectivity index (χ3n) is 4.93. The molecule has 0 aliphatic carbocycles. The van der Waals surface area contributed by atoms with Crippen LogP contribution in [0, 0.1) is 0 Å². The number of aromatic nitrogens is 3. The molecule has 7 heteroatoms. The summed E-state index contributed by atoms with van der Waals surface area (Å²) in [6, 6.07) is 17.7. The Morgan fingerprint density at radius 1 is 1.19 bits per heavy atom. The Morgan fingerprint density at radius 3 is 2.67 bits per heavy atom. The van der Waals surface area contributed by atoms with Gasteiger partial charge in [-0.3, -0.25) is 9.52 Å². The lowest BCUT2D eigenvalue weighted by Crippen LogP contribution is -2.42. The van der Waals surface area contributed by atoms with Gasteiger partial charge in [0.2, 0.25) is 0 Å². The summed E-state index contributed by atoms with van der Waals surface area (Å²) in [5.74, 6) is 0.837. The Morgan fingerprint density at radius 2 is 1.96 bits per heavy atom. The van der Waals surface area contributed by atoms with E-state index in [0.29, 0.717) is 18.2 Å². The highest BCUT2D eigenvalue weighted by molar-refractivity contribution is 6.30. The van der Waals surface area contributed by atoms with Crippen LogP contribution in [0.4, 0.5) is 0 Å². The molecule has 1 aliphatic heterocycles. The lowest BCUT2D eigenvalue weighted by Gasteiger charge is -2.34. The molecule has 2 atom stereocenters. The van der Waals surface area contributed by atoms with Crippen molar-refractivity contribution in [1.82, 2.24) is 19.8 Å². The standard InChI is InChI=1S/C20H21ClN4O2/c1-24-20(13-25-15-22-14-23-25,16-7-9-17(21)10-8-16)11-19(27-24)12-26-18-5-3-2-4-6-18/h2-10,14-15,19H,11-13H2,1H3/t19-,20-/m1/s1. The number of para-hydroxylation sites is 1. The molecule has 140 valence electrons. The molecule has 0 bridgehead atoms. The zero-order chi connectivity index (χ0) is 18.7. The first-order valence-electron chi connectivity index (χ1n) is 8.83. The Kier molecular flexibility index (Phi) is 5.11. The van der Waals surface area contributed by atoms with Crippen LogP contribution in [0.1, 0.15) is 12.0 Å². The van der Waals surface area contributed by atoms with E-state index in [2.05, 4.69) is 10.1 Å². The van der Waals surface area contributed by atoms with E-state index in [1.54, 1.807) is 12.7 Å². The molecule has 0 radical (unpaired) electrons. The molecule has 0 unspecified atom stereocenters. The summed E-state index contributed by atoms with van der Waals surface area (Å²) in [5, 5.41) is 6.91. The van der Waals surface area contributed by atoms with Crippen molar-refractivity contribution in [1.29, 1.82) is 0 Å². The molecule has 0 amide bonds. The number of hydroxylamine groups is 2. The molecule has 1 fully saturated rings. The van der Waals surface area contributed by atoms with Crippen molar-refractivity contribution >= 4 is 11.6 Å². The van der Waals surface area contributed by atoms with Gasteiger partial charge in [-0.25, -0.2) is 4.98 Å². The van der Waals surface area contributed by atoms with Crippen molar-refractivity contribution in [2.24, 2.45) is 0 Å². The molecule has 4 rings (SSSR count). The predicted octanol–water partition coefficient (Wildman–Crippen LogP) is 3.54. The SMILES string of the molecule is CN1O[C@@H](COc2ccccc2)C[C@@]1(Cn1cncn1)c1ccc(Cl)cc1. The van der Waals surface area contributed by atoms with Gasteiger partial charge in [-0.15, -0.1) is 0 Å². The summed E-state index contributed by atoms with van der Waals surface area (Å²) < 4.78 is 7.74. The summed E-state index contributed by atoms with van der Waals surface area (Å²) in [5.41, 5.74) is 0.732. The molecule has 1 aromatic heterocycles. The van der Waals surface area contributed by atoms with Gasteiger partial charge in [0.1, 0.15) is 31.1 Å². The monoisotopic (exact) mass is 384 g/mol. The highest BCUT2D eigenvalue weighted by atomic mass is 35.5. The van der Waals surface area contributed by atoms with E-state index in [1.807, 2.05) is 71.4 Å². The maximum absolute atomic E-state index is 6.15. The Hall–Kier alpha value is -2.41. The van der Waals surface area contributed by atoms with Gasteiger partial charge in [-0.1, -0.05) is 41.9 Å². The summed E-state index contributed by atoms with van der Waals surface area (Å²) >= 11 is 6.10. The van der Waals surface area contributed by atoms with Crippen molar-refractivity contribution in [3.8, 4) is 5.75 Å². The van der Waals surface area contributed by atoms with E-state index in [4.69, 9.17) is 21.2 Å². The van der Waals surface area contributed by atoms with Crippen LogP contribution in [0.3, 0.4) is 0 Å². The molecule has 2 heterocycles. The number of nitrogens with zero attached hydrogens (tertiary/aromatic N) is 4. The van der Waals surface area contributed by atoms with Gasteiger partial charge in [0.05, 0.1) is 12.1 Å². The third-order valence-corrected chi connectivity index (χ3v) is 5.18. The fourth-order valence-electron chi connectivity index (χ4n) is 3.56. The minimum absolute atomic E-state index is 0.0746. The number of likely N-dealkylation sites (N-methyl/N-ethyl adjacent to an activating group) is 1. The smallest absolute Gasteiger partial charge is 0.137 e. The van der Waals surface area contributed by atoms with Crippen molar-refractivity contribution in [2.45, 2.75) is 24.6 Å². The Balaban J connectivity index is 1.57. The van der Waals surface area contributed by atoms with Gasteiger partial charge in [-0.05, 0) is 29.8 Å². The second kappa shape index (κ2) is 7.68. The van der Waals surface area contributed by atoms with E-state index in [-0.39, 0.29) is 11.6 Å². The molecule has 0 saturated carbocycles. The number of hydrogen-bond acceptors (Lipinski definition) is 5. The summed E-state index contributed by atoms with van der Waals surface area (Å²) in [7, 11) is 1.95. The highest BCUT2D eigenvalue weighted by Gasteiger charge is 2.47. The minimum Gasteiger partial charge on any atom is -0.491 e. The average molecular weight is 385 g/mol. The summed E-state index contributed by atoms with van der Waals surface area (Å²) in [6.45, 7) is 1.09. The van der Waals surface area contributed by atoms with Crippen molar-refractivity contribution in [3.63, 3.8) is 0 Å². The first-order valence-corrected chi connectivity index (χ1v) is 9.20. The molecule has 3 aromatic rings. The zero-order valence-corrected chi connectivity index (χ0v) is 15.8. The van der Waals surface area contributed by atoms with Crippen LogP contribution >= 0.6 is 11.6 Å². The first-order chi connectivity index (χ1) is 13.2. The number of rotatable bonds is 6. The topological polar surface area (TPSA) is 52.4 Å². The number of hydrogen-bond donors (Lipinski definition) is 0. The van der Waals surface area contributed by atoms with Gasteiger partial charge in [-0.2, -0.15) is 10.2 Å². The van der Waals surface area contributed by atoms with E-state index in [9.17, 15) is 0 Å². The average Bonchev–Trinajstić information content (AvgIpc) is 3.30. The summed E-state index contributed by atoms with van der Waals surface area (Å²) in [6.07, 6.45) is 3.95. The quantitative estimate of drug-likeness (QED) is 0.650. The largest absolute Gasteiger partial charge is 0.491 e. The van der Waals surface area contributed by atoms with Crippen LogP contribution in [-0.2, 0) is 16.9 Å². The van der Waals surface area contributed by atoms with Crippen molar-refractivity contribution in [3.05, 3.63) is 77.8 Å². The van der Waals surface area contributed by atoms with E-state index in [0.717, 1.165) is 17.7 Å². The number of ether oxygens (including phenoxy) is 1. The Bertz CT molecular complexity index is 857. The molecule has 1 saturated heterocycles. The Labute approximate surface area is 163 Å². The van der Waals surface area contributed by atoms with Crippen LogP contribution in [0.25, 0.3) is 0 Å². The van der Waals surface area contributed by atoms with Gasteiger partial charge >= 0.3 is 0 Å². The number of benzene rings is 2. The molecule has 0 N–H and O–H groups in total. The molecule has 2 aromatic carbocycles. The lowest BCUT2D eigenvalue weighted by molar-refractivity contribution is -0.180. The zero-order valence-electron chi connectivity index (χ0n) is 15.0. The van der Waals surface area contributed by atoms with E-state index < -0.39 is 0 Å². The maximum Gasteiger partial charge on any atom is 0.137 e. The second-order valence-corrected chi connectivity index (χ2v) is 7.12. The van der Waals surface area contributed by atoms with E-state index in [1.165, 1.54) is 0 Å².